The first-order valence-electron chi connectivity index (χ1n) is 36.5. The molecule has 2 aromatic heterocycles. The Labute approximate surface area is 618 Å². The summed E-state index contributed by atoms with van der Waals surface area (Å²) in [6.07, 6.45) is 1.29. The summed E-state index contributed by atoms with van der Waals surface area (Å²) < 4.78 is 0. The third-order valence-electron chi connectivity index (χ3n) is 19.5. The first kappa shape index (κ1) is 85.0. The van der Waals surface area contributed by atoms with Crippen LogP contribution in [0.1, 0.15) is 183 Å². The molecule has 2 aliphatic heterocycles. The monoisotopic (exact) mass is 1470 g/mol. The van der Waals surface area contributed by atoms with Gasteiger partial charge in [0.1, 0.15) is 52.6 Å². The van der Waals surface area contributed by atoms with Crippen LogP contribution in [0.25, 0.3) is 11.0 Å². The summed E-state index contributed by atoms with van der Waals surface area (Å²) in [5.41, 5.74) is 3.32. The molecule has 0 spiro atoms. The summed E-state index contributed by atoms with van der Waals surface area (Å²) >= 11 is 0. The number of aromatic amines is 1. The zero-order valence-electron chi connectivity index (χ0n) is 62.7. The van der Waals surface area contributed by atoms with E-state index in [1.165, 1.54) is 77.6 Å². The highest BCUT2D eigenvalue weighted by Crippen LogP contribution is 2.30. The van der Waals surface area contributed by atoms with Gasteiger partial charge >= 0.3 is 0 Å². The first-order chi connectivity index (χ1) is 49.8. The van der Waals surface area contributed by atoms with Crippen LogP contribution in [0, 0.1) is 29.1 Å². The number of nitrogens with zero attached hydrogens (tertiary/aromatic N) is 2. The van der Waals surface area contributed by atoms with Gasteiger partial charge in [0.05, 0.1) is 23.7 Å². The van der Waals surface area contributed by atoms with Gasteiger partial charge in [0.2, 0.25) is 59.1 Å². The minimum atomic E-state index is -1.77. The molecule has 10 amide bonds. The topological polar surface area (TPSA) is 454 Å². The van der Waals surface area contributed by atoms with E-state index in [0.717, 1.165) is 0 Å². The van der Waals surface area contributed by atoms with E-state index in [4.69, 9.17) is 5.73 Å². The molecule has 2 fully saturated rings. The summed E-state index contributed by atoms with van der Waals surface area (Å²) in [4.78, 5) is 207. The number of ketones is 4. The van der Waals surface area contributed by atoms with Crippen molar-refractivity contribution in [2.24, 2.45) is 34.8 Å². The Morgan fingerprint density at radius 2 is 1.28 bits per heavy atom. The Kier molecular flexibility index (Phi) is 30.8. The molecule has 6 rings (SSSR count). The van der Waals surface area contributed by atoms with E-state index in [0.29, 0.717) is 53.4 Å². The van der Waals surface area contributed by atoms with Gasteiger partial charge in [0, 0.05) is 93.1 Å². The normalized spacial score (nSPS) is 25.5. The van der Waals surface area contributed by atoms with E-state index in [1.54, 1.807) is 76.5 Å². The molecular weight excluding hydrogens is 1360 g/mol. The molecule has 0 radical (unpaired) electrons. The van der Waals surface area contributed by atoms with Gasteiger partial charge in [-0.1, -0.05) is 65.3 Å². The molecule has 4 aromatic rings. The van der Waals surface area contributed by atoms with Gasteiger partial charge in [-0.05, 0) is 164 Å². The number of carbonyl (C=O) groups is 14. The van der Waals surface area contributed by atoms with Crippen molar-refractivity contribution in [3.63, 3.8) is 0 Å². The first-order valence-corrected chi connectivity index (χ1v) is 36.5. The van der Waals surface area contributed by atoms with E-state index in [9.17, 15) is 77.6 Å². The highest BCUT2D eigenvalue weighted by atomic mass is 16.3. The van der Waals surface area contributed by atoms with E-state index in [2.05, 4.69) is 52.5 Å². The maximum Gasteiger partial charge on any atom is 0.245 e. The Morgan fingerprint density at radius 3 is 1.90 bits per heavy atom. The molecule has 14 N–H and O–H groups in total. The predicted molar refractivity (Wildman–Crippen MR) is 392 cm³/mol. The summed E-state index contributed by atoms with van der Waals surface area (Å²) in [6.45, 7) is 16.7. The van der Waals surface area contributed by atoms with Crippen molar-refractivity contribution in [2.75, 3.05) is 13.1 Å². The number of benzene rings is 2. The highest BCUT2D eigenvalue weighted by molar-refractivity contribution is 6.01. The summed E-state index contributed by atoms with van der Waals surface area (Å²) in [5.74, 6) is -14.1. The molecule has 106 heavy (non-hydrogen) atoms. The molecule has 0 saturated carbocycles. The number of aromatic hydroxyl groups is 2. The molecule has 29 heteroatoms. The molecule has 2 saturated heterocycles. The lowest BCUT2D eigenvalue weighted by atomic mass is 9.80. The maximum atomic E-state index is 15.2. The van der Waals surface area contributed by atoms with Gasteiger partial charge in [0.25, 0.3) is 0 Å². The number of Topliss-reactive ketones (excluding diaryl/α,β-unsaturated/α-hetero) is 4. The van der Waals surface area contributed by atoms with Crippen molar-refractivity contribution in [1.82, 2.24) is 57.4 Å². The van der Waals surface area contributed by atoms with Crippen molar-refractivity contribution in [3.8, 4) is 11.5 Å². The number of hydrogen-bond acceptors (Lipinski definition) is 18. The van der Waals surface area contributed by atoms with Gasteiger partial charge < -0.3 is 78.3 Å². The number of fused-ring (bicyclic) bond motifs is 2. The van der Waals surface area contributed by atoms with Crippen LogP contribution >= 0.6 is 0 Å². The molecule has 0 aliphatic carbocycles. The second kappa shape index (κ2) is 38.4. The van der Waals surface area contributed by atoms with Crippen LogP contribution in [0.4, 0.5) is 0 Å². The fraction of sp³-hybridized carbons (Fsp3) is 0.571. The molecule has 0 bridgehead atoms. The van der Waals surface area contributed by atoms with Crippen molar-refractivity contribution in [3.05, 3.63) is 89.7 Å². The Bertz CT molecular complexity index is 3820. The average Bonchev–Trinajstić information content (AvgIpc) is 1.19. The number of nitrogens with two attached hydrogens (primary N) is 1. The van der Waals surface area contributed by atoms with Gasteiger partial charge in [-0.2, -0.15) is 0 Å². The van der Waals surface area contributed by atoms with Crippen LogP contribution < -0.4 is 48.3 Å². The molecule has 11 atom stereocenters. The van der Waals surface area contributed by atoms with Gasteiger partial charge in [-0.25, -0.2) is 4.98 Å². The Morgan fingerprint density at radius 1 is 0.660 bits per heavy atom. The molecule has 4 heterocycles. The number of phenols is 2. The number of nitrogens with one attached hydrogen (secondary N) is 9. The Balaban J connectivity index is 1.33. The van der Waals surface area contributed by atoms with Crippen molar-refractivity contribution >= 4 is 93.2 Å². The largest absolute Gasteiger partial charge is 0.508 e. The smallest absolute Gasteiger partial charge is 0.245 e. The lowest BCUT2D eigenvalue weighted by molar-refractivity contribution is -0.144. The lowest BCUT2D eigenvalue weighted by Gasteiger charge is -2.34. The number of pyridine rings is 1. The number of phenolic OH excluding ortho intramolecular Hbond substituents is 2. The van der Waals surface area contributed by atoms with Gasteiger partial charge in [0.15, 0.2) is 17.3 Å². The van der Waals surface area contributed by atoms with Gasteiger partial charge in [-0.3, -0.25) is 62.3 Å². The van der Waals surface area contributed by atoms with Crippen molar-refractivity contribution in [1.29, 1.82) is 0 Å². The second-order valence-electron chi connectivity index (χ2n) is 30.6. The van der Waals surface area contributed by atoms with E-state index in [1.807, 2.05) is 0 Å². The van der Waals surface area contributed by atoms with E-state index >= 15 is 4.79 Å². The standard InChI is InChI=1S/C77H108N12O17/c1-12-18-48-40-59(94)56(38-47-26-30-53(93)31-27-47)82-67(99)43(2)35-61(96)76(8,9)88-70(102)57(39-51-42-81-66-54(51)20-16-33-80-66)83-72(104)63(45(4)91)85-71(103)58-22-17-34-89(58)73(105)50(37-46-24-28-52(92)29-25-46)41-60(95)64(75(5,6)7)86-68(100)49(36-44(3)90)19-15-23-62(97)79-32-14-13-21-55(65(78)98)84-74(106)77(10,11)87-69(48)101/h16,20,24-31,33,42-43,45,48-50,55-58,63-64,91-93H,12-15,17-19,21-23,32,34-41H2,1-11H3,(H2,78,98)(H,79,97)(H,80,81)(H,82,99)(H,83,104)(H,84,106)(H,85,103)(H,86,100)(H,87,101)(H,88,102)/t43-,45-,48-,49-,50-,55+,56+,57+,58+,63+,64-/m1/s1. The fourth-order valence-electron chi connectivity index (χ4n) is 13.3. The molecule has 578 valence electrons. The van der Waals surface area contributed by atoms with Gasteiger partial charge in [-0.15, -0.1) is 0 Å². The third kappa shape index (κ3) is 24.9. The SMILES string of the molecule is CCC[C@@H]1CC(=O)[C@H](Cc2ccc(O)cc2)NC(=O)[C@H](C)CC(=O)C(C)(C)NC(=O)[C@H](Cc2c[nH]c3ncccc23)NC(=O)[C@H]([C@@H](C)O)NC(=O)[C@@H]2CCCN2C(=O)[C@H](Cc2ccc(O)cc2)CC(=O)[C@H](C(C)(C)C)NC(=O)[C@@H](CC(C)=O)CCCC(=O)NCCCC[C@@H](C(N)=O)NC(=O)C(C)(C)NC1=O. The quantitative estimate of drug-likeness (QED) is 0.0961. The number of H-pyrrole nitrogens is 1. The summed E-state index contributed by atoms with van der Waals surface area (Å²) in [5, 5.41) is 53.9. The van der Waals surface area contributed by atoms with Crippen LogP contribution in [-0.2, 0) is 86.4 Å². The zero-order valence-corrected chi connectivity index (χ0v) is 62.7. The molecule has 0 unspecified atom stereocenters. The van der Waals surface area contributed by atoms with Crippen LogP contribution in [0.2, 0.25) is 0 Å². The molecule has 2 aromatic carbocycles. The van der Waals surface area contributed by atoms with Crippen LogP contribution in [0.15, 0.2) is 73.1 Å². The second-order valence-corrected chi connectivity index (χ2v) is 30.6. The number of primary amides is 1. The van der Waals surface area contributed by atoms with E-state index in [-0.39, 0.29) is 100 Å². The van der Waals surface area contributed by atoms with Crippen molar-refractivity contribution < 1.29 is 82.4 Å². The number of rotatable bonds is 12. The van der Waals surface area contributed by atoms with Crippen molar-refractivity contribution in [2.45, 2.75) is 239 Å². The number of aromatic nitrogens is 2. The average molecular weight is 1470 g/mol. The summed E-state index contributed by atoms with van der Waals surface area (Å²) in [7, 11) is 0. The number of amides is 10. The zero-order chi connectivity index (χ0) is 78.5. The van der Waals surface area contributed by atoms with Crippen LogP contribution in [0.5, 0.6) is 11.5 Å². The third-order valence-corrected chi connectivity index (χ3v) is 19.5. The number of aliphatic hydroxyl groups excluding tert-OH is 1. The minimum Gasteiger partial charge on any atom is -0.508 e. The number of aliphatic hydroxyl groups is 1. The molecule has 2 aliphatic rings. The van der Waals surface area contributed by atoms with E-state index < -0.39 is 172 Å². The highest BCUT2D eigenvalue weighted by Gasteiger charge is 2.44. The predicted octanol–water partition coefficient (Wildman–Crippen LogP) is 3.73. The number of hydrogen-bond donors (Lipinski definition) is 13. The molecular formula is C77H108N12O17. The Hall–Kier alpha value is -9.93. The van der Waals surface area contributed by atoms with Crippen LogP contribution in [0.3, 0.4) is 0 Å². The maximum absolute atomic E-state index is 15.2. The molecule has 29 nitrogen and oxygen atoms in total. The lowest BCUT2D eigenvalue weighted by Crippen LogP contribution is -2.62. The minimum absolute atomic E-state index is 0.0333. The number of carbonyl (C=O) groups excluding carboxylic acids is 14. The summed E-state index contributed by atoms with van der Waals surface area (Å²) in [6, 6.07) is 6.95. The van der Waals surface area contributed by atoms with Crippen LogP contribution in [-0.4, -0.2) is 179 Å². The fourth-order valence-corrected chi connectivity index (χ4v) is 13.3.